The first-order valence-electron chi connectivity index (χ1n) is 6.57. The largest absolute Gasteiger partial charge is 0.381 e. The van der Waals surface area contributed by atoms with Gasteiger partial charge in [0.2, 0.25) is 10.0 Å². The minimum Gasteiger partial charge on any atom is -0.381 e. The maximum Gasteiger partial charge on any atom is 0.242 e. The molecule has 7 heteroatoms. The summed E-state index contributed by atoms with van der Waals surface area (Å²) in [5, 5.41) is 0.192. The molecule has 1 rings (SSSR count). The van der Waals surface area contributed by atoms with Gasteiger partial charge in [0.1, 0.15) is 4.90 Å². The van der Waals surface area contributed by atoms with E-state index in [-0.39, 0.29) is 16.5 Å². The number of hydrogen-bond donors (Lipinski definition) is 2. The van der Waals surface area contributed by atoms with E-state index >= 15 is 0 Å². The zero-order valence-corrected chi connectivity index (χ0v) is 13.1. The number of halogens is 1. The van der Waals surface area contributed by atoms with Crippen molar-refractivity contribution in [1.82, 2.24) is 4.72 Å². The number of benzene rings is 1. The first-order valence-corrected chi connectivity index (χ1v) is 8.43. The molecule has 0 aliphatic heterocycles. The molecule has 0 unspecified atom stereocenters. The molecule has 0 fully saturated rings. The summed E-state index contributed by atoms with van der Waals surface area (Å²) in [6.45, 7) is 3.83. The monoisotopic (exact) mass is 320 g/mol. The van der Waals surface area contributed by atoms with Gasteiger partial charge in [0.05, 0.1) is 5.02 Å². The van der Waals surface area contributed by atoms with Crippen molar-refractivity contribution in [3.05, 3.63) is 28.8 Å². The van der Waals surface area contributed by atoms with Gasteiger partial charge in [-0.1, -0.05) is 24.6 Å². The van der Waals surface area contributed by atoms with Gasteiger partial charge in [-0.2, -0.15) is 0 Å². The molecule has 0 heterocycles. The van der Waals surface area contributed by atoms with E-state index in [1.807, 2.05) is 6.92 Å². The molecule has 0 aliphatic rings. The van der Waals surface area contributed by atoms with Gasteiger partial charge in [0, 0.05) is 26.3 Å². The lowest BCUT2D eigenvalue weighted by molar-refractivity contribution is 0.133. The Bertz CT molecular complexity index is 520. The zero-order valence-electron chi connectivity index (χ0n) is 11.6. The number of sulfonamides is 1. The van der Waals surface area contributed by atoms with Crippen LogP contribution in [0.2, 0.25) is 5.02 Å². The van der Waals surface area contributed by atoms with Crippen LogP contribution in [0, 0.1) is 0 Å². The third kappa shape index (κ3) is 5.38. The molecule has 0 saturated carbocycles. The fourth-order valence-corrected chi connectivity index (χ4v) is 3.21. The number of nitrogens with one attached hydrogen (secondary N) is 1. The summed E-state index contributed by atoms with van der Waals surface area (Å²) in [4.78, 5) is 0.0663. The van der Waals surface area contributed by atoms with Crippen LogP contribution in [0.3, 0.4) is 0 Å². The van der Waals surface area contributed by atoms with E-state index in [9.17, 15) is 8.42 Å². The van der Waals surface area contributed by atoms with Gasteiger partial charge in [-0.3, -0.25) is 0 Å². The van der Waals surface area contributed by atoms with Crippen LogP contribution in [0.5, 0.6) is 0 Å². The molecular formula is C13H21ClN2O3S. The lowest BCUT2D eigenvalue weighted by Crippen LogP contribution is -2.26. The summed E-state index contributed by atoms with van der Waals surface area (Å²) in [5.41, 5.74) is 6.23. The average Bonchev–Trinajstić information content (AvgIpc) is 2.43. The topological polar surface area (TPSA) is 81.4 Å². The summed E-state index contributed by atoms with van der Waals surface area (Å²) in [6, 6.07) is 4.75. The number of ether oxygens (including phenoxy) is 1. The van der Waals surface area contributed by atoms with Crippen molar-refractivity contribution in [2.45, 2.75) is 31.2 Å². The predicted molar refractivity (Wildman–Crippen MR) is 80.3 cm³/mol. The molecule has 114 valence electrons. The number of rotatable bonds is 9. The normalized spacial score (nSPS) is 11.8. The van der Waals surface area contributed by atoms with E-state index < -0.39 is 10.0 Å². The minimum absolute atomic E-state index is 0.0663. The zero-order chi connectivity index (χ0) is 15.0. The molecule has 1 aromatic carbocycles. The summed E-state index contributed by atoms with van der Waals surface area (Å²) in [7, 11) is -3.61. The Labute approximate surface area is 125 Å². The van der Waals surface area contributed by atoms with Crippen LogP contribution >= 0.6 is 11.6 Å². The molecule has 5 nitrogen and oxygen atoms in total. The van der Waals surface area contributed by atoms with Gasteiger partial charge < -0.3 is 10.5 Å². The highest BCUT2D eigenvalue weighted by atomic mass is 35.5. The summed E-state index contributed by atoms with van der Waals surface area (Å²) < 4.78 is 32.1. The van der Waals surface area contributed by atoms with Crippen LogP contribution in [0.25, 0.3) is 0 Å². The van der Waals surface area contributed by atoms with Gasteiger partial charge in [0.15, 0.2) is 0 Å². The van der Waals surface area contributed by atoms with Crippen LogP contribution in [-0.4, -0.2) is 28.2 Å². The van der Waals surface area contributed by atoms with Crippen molar-refractivity contribution >= 4 is 21.6 Å². The fraction of sp³-hybridized carbons (Fsp3) is 0.538. The smallest absolute Gasteiger partial charge is 0.242 e. The summed E-state index contributed by atoms with van der Waals surface area (Å²) in [5.74, 6) is 0. The molecule has 0 bridgehead atoms. The van der Waals surface area contributed by atoms with Gasteiger partial charge in [-0.25, -0.2) is 13.1 Å². The fourth-order valence-electron chi connectivity index (χ4n) is 1.59. The Kier molecular flexibility index (Phi) is 7.47. The second-order valence-electron chi connectivity index (χ2n) is 4.33. The average molecular weight is 321 g/mol. The first kappa shape index (κ1) is 17.4. The Hall–Kier alpha value is -0.660. The Morgan fingerprint density at radius 1 is 1.35 bits per heavy atom. The molecule has 20 heavy (non-hydrogen) atoms. The molecule has 0 atom stereocenters. The Morgan fingerprint density at radius 3 is 2.75 bits per heavy atom. The van der Waals surface area contributed by atoms with Crippen LogP contribution in [0.15, 0.2) is 23.1 Å². The van der Waals surface area contributed by atoms with Gasteiger partial charge in [-0.15, -0.1) is 0 Å². The molecule has 0 spiro atoms. The molecule has 0 amide bonds. The minimum atomic E-state index is -3.61. The lowest BCUT2D eigenvalue weighted by atomic mass is 10.2. The Balaban J connectivity index is 2.60. The Morgan fingerprint density at radius 2 is 2.10 bits per heavy atom. The maximum absolute atomic E-state index is 12.1. The van der Waals surface area contributed by atoms with Gasteiger partial charge >= 0.3 is 0 Å². The van der Waals surface area contributed by atoms with E-state index in [1.54, 1.807) is 12.1 Å². The van der Waals surface area contributed by atoms with Crippen LogP contribution in [0.1, 0.15) is 25.3 Å². The second-order valence-corrected chi connectivity index (χ2v) is 6.48. The van der Waals surface area contributed by atoms with Crippen molar-refractivity contribution in [2.75, 3.05) is 19.8 Å². The standard InChI is InChI=1S/C13H21ClN2O3S/c1-2-7-19-8-3-6-16-20(17,18)13-9-11(10-15)4-5-12(13)14/h4-5,9,16H,2-3,6-8,10,15H2,1H3. The van der Waals surface area contributed by atoms with E-state index in [4.69, 9.17) is 22.1 Å². The van der Waals surface area contributed by atoms with Crippen molar-refractivity contribution in [3.63, 3.8) is 0 Å². The summed E-state index contributed by atoms with van der Waals surface area (Å²) >= 11 is 5.93. The molecule has 1 aromatic rings. The molecular weight excluding hydrogens is 300 g/mol. The molecule has 3 N–H and O–H groups in total. The quantitative estimate of drug-likeness (QED) is 0.681. The van der Waals surface area contributed by atoms with Gasteiger partial charge in [0.25, 0.3) is 0 Å². The van der Waals surface area contributed by atoms with Crippen molar-refractivity contribution in [3.8, 4) is 0 Å². The highest BCUT2D eigenvalue weighted by Crippen LogP contribution is 2.22. The van der Waals surface area contributed by atoms with Crippen LogP contribution in [0.4, 0.5) is 0 Å². The summed E-state index contributed by atoms with van der Waals surface area (Å²) in [6.07, 6.45) is 1.57. The van der Waals surface area contributed by atoms with E-state index in [2.05, 4.69) is 4.72 Å². The molecule has 0 aromatic heterocycles. The maximum atomic E-state index is 12.1. The third-order valence-electron chi connectivity index (χ3n) is 2.63. The van der Waals surface area contributed by atoms with Crippen LogP contribution in [-0.2, 0) is 21.3 Å². The molecule has 0 saturated heterocycles. The van der Waals surface area contributed by atoms with Crippen molar-refractivity contribution in [2.24, 2.45) is 5.73 Å². The van der Waals surface area contributed by atoms with E-state index in [1.165, 1.54) is 6.07 Å². The highest BCUT2D eigenvalue weighted by Gasteiger charge is 2.17. The van der Waals surface area contributed by atoms with E-state index in [0.29, 0.717) is 26.2 Å². The van der Waals surface area contributed by atoms with Crippen LogP contribution < -0.4 is 10.5 Å². The predicted octanol–water partition coefficient (Wildman–Crippen LogP) is 1.89. The van der Waals surface area contributed by atoms with E-state index in [0.717, 1.165) is 12.0 Å². The highest BCUT2D eigenvalue weighted by molar-refractivity contribution is 7.89. The van der Waals surface area contributed by atoms with Crippen molar-refractivity contribution in [1.29, 1.82) is 0 Å². The lowest BCUT2D eigenvalue weighted by Gasteiger charge is -2.10. The molecule has 0 aliphatic carbocycles. The molecule has 0 radical (unpaired) electrons. The number of hydrogen-bond acceptors (Lipinski definition) is 4. The van der Waals surface area contributed by atoms with Gasteiger partial charge in [-0.05, 0) is 30.5 Å². The van der Waals surface area contributed by atoms with Crippen molar-refractivity contribution < 1.29 is 13.2 Å². The SMILES string of the molecule is CCCOCCCNS(=O)(=O)c1cc(CN)ccc1Cl. The number of nitrogens with two attached hydrogens (primary N) is 1. The second kappa shape index (κ2) is 8.59. The third-order valence-corrected chi connectivity index (χ3v) is 4.57. The first-order chi connectivity index (χ1) is 9.51.